The van der Waals surface area contributed by atoms with Crippen molar-refractivity contribution in [3.63, 3.8) is 0 Å². The van der Waals surface area contributed by atoms with Gasteiger partial charge in [-0.1, -0.05) is 268 Å². The predicted molar refractivity (Wildman–Crippen MR) is 359 cm³/mol. The van der Waals surface area contributed by atoms with Gasteiger partial charge < -0.3 is 30.1 Å². The topological polar surface area (TPSA) is 196 Å². The maximum Gasteiger partial charge on any atom is 0.347 e. The van der Waals surface area contributed by atoms with Crippen LogP contribution in [0.1, 0.15) is 85.0 Å². The summed E-state index contributed by atoms with van der Waals surface area (Å²) in [7, 11) is 0.370. The Hall–Kier alpha value is -10.3. The highest BCUT2D eigenvalue weighted by Gasteiger charge is 2.57. The Labute approximate surface area is 525 Å². The third-order valence-corrected chi connectivity index (χ3v) is 19.7. The molecule has 13 rings (SSSR count). The fourth-order valence-corrected chi connectivity index (χ4v) is 14.9. The molecule has 0 fully saturated rings. The molecule has 4 N–H and O–H groups in total. The minimum absolute atomic E-state index is 0. The lowest BCUT2D eigenvalue weighted by atomic mass is 9.90. The first kappa shape index (κ1) is 65.7. The lowest BCUT2D eigenvalue weighted by Crippen LogP contribution is -2.44. The van der Waals surface area contributed by atoms with Crippen molar-refractivity contribution in [1.29, 1.82) is 0 Å². The molecule has 12 nitrogen and oxygen atoms in total. The zero-order chi connectivity index (χ0) is 61.8. The molecule has 0 saturated carbocycles. The minimum atomic E-state index is -2.03. The van der Waals surface area contributed by atoms with Gasteiger partial charge in [-0.2, -0.15) is 0 Å². The number of aliphatic hydroxyl groups is 1. The molecule has 0 aliphatic carbocycles. The van der Waals surface area contributed by atoms with E-state index >= 15 is 0 Å². The minimum Gasteiger partial charge on any atom is -0.478 e. The van der Waals surface area contributed by atoms with Gasteiger partial charge >= 0.3 is 17.7 Å². The number of carbonyl (C=O) groups is 6. The third-order valence-electron chi connectivity index (χ3n) is 14.8. The molecule has 0 amide bonds. The highest BCUT2D eigenvalue weighted by atomic mass is 31.1. The van der Waals surface area contributed by atoms with Crippen molar-refractivity contribution in [2.75, 3.05) is 7.05 Å². The summed E-state index contributed by atoms with van der Waals surface area (Å²) in [6.07, 6.45) is 2.91. The van der Waals surface area contributed by atoms with E-state index in [1.807, 2.05) is 84.9 Å². The van der Waals surface area contributed by atoms with Gasteiger partial charge in [0.05, 0.1) is 22.3 Å². The number of fused-ring (bicyclic) bond motifs is 2. The number of nitrogens with zero attached hydrogens (tertiary/aromatic N) is 1. The van der Waals surface area contributed by atoms with Gasteiger partial charge in [-0.15, -0.1) is 0 Å². The van der Waals surface area contributed by atoms with E-state index in [1.54, 1.807) is 81.6 Å². The van der Waals surface area contributed by atoms with Crippen LogP contribution in [-0.4, -0.2) is 62.7 Å². The zero-order valence-electron chi connectivity index (χ0n) is 48.7. The van der Waals surface area contributed by atoms with Crippen LogP contribution in [0.5, 0.6) is 0 Å². The highest BCUT2D eigenvalue weighted by Crippen LogP contribution is 2.46. The molecule has 10 aromatic carbocycles. The van der Waals surface area contributed by atoms with Gasteiger partial charge in [0.25, 0.3) is 5.78 Å². The molecule has 450 valence electrons. The summed E-state index contributed by atoms with van der Waals surface area (Å²) < 4.78 is 10.8. The molecular weight excluding hydrogens is 1160 g/mol. The predicted octanol–water partition coefficient (Wildman–Crippen LogP) is 11.8. The summed E-state index contributed by atoms with van der Waals surface area (Å²) >= 11 is 0. The first-order valence-corrected chi connectivity index (χ1v) is 30.8. The molecule has 3 aliphatic heterocycles. The Morgan fingerprint density at radius 2 is 0.778 bits per heavy atom. The zero-order valence-corrected chi connectivity index (χ0v) is 50.5. The second-order valence-electron chi connectivity index (χ2n) is 20.5. The number of likely N-dealkylation sites (N-methyl/N-ethyl adjacent to an activating group) is 1. The molecule has 1 spiro atoms. The Morgan fingerprint density at radius 1 is 0.433 bits per heavy atom. The maximum atomic E-state index is 12.9. The highest BCUT2D eigenvalue weighted by molar-refractivity contribution is 7.80. The summed E-state index contributed by atoms with van der Waals surface area (Å²) in [4.78, 5) is 73.3. The largest absolute Gasteiger partial charge is 0.478 e. The number of Topliss-reactive ketones (excluding diaryl/α,β-unsaturated/α-hetero) is 4. The fourth-order valence-electron chi connectivity index (χ4n) is 10.4. The van der Waals surface area contributed by atoms with Crippen LogP contribution in [0.2, 0.25) is 0 Å². The molecule has 2 atom stereocenters. The normalized spacial score (nSPS) is 15.8. The number of carbonyl (C=O) groups excluding carboxylic acids is 5. The van der Waals surface area contributed by atoms with Crippen LogP contribution < -0.4 is 31.8 Å². The van der Waals surface area contributed by atoms with E-state index in [2.05, 4.69) is 121 Å². The number of carboxylic acids is 1. The van der Waals surface area contributed by atoms with Gasteiger partial charge in [-0.3, -0.25) is 19.2 Å². The number of esters is 1. The van der Waals surface area contributed by atoms with Crippen molar-refractivity contribution < 1.29 is 53.9 Å². The van der Waals surface area contributed by atoms with E-state index in [1.165, 1.54) is 61.3 Å². The number of hydrogen-bond acceptors (Lipinski definition) is 10. The monoisotopic (exact) mass is 1230 g/mol. The molecule has 3 heterocycles. The smallest absolute Gasteiger partial charge is 0.347 e. The van der Waals surface area contributed by atoms with Crippen LogP contribution in [0.3, 0.4) is 0 Å². The van der Waals surface area contributed by atoms with Gasteiger partial charge in [-0.05, 0) is 90.8 Å². The van der Waals surface area contributed by atoms with Gasteiger partial charge in [0.15, 0.2) is 11.6 Å². The third kappa shape index (κ3) is 14.0. The Morgan fingerprint density at radius 3 is 1.18 bits per heavy atom. The van der Waals surface area contributed by atoms with Crippen LogP contribution in [-0.2, 0) is 30.6 Å². The molecule has 3 aliphatic rings. The van der Waals surface area contributed by atoms with Crippen LogP contribution in [0, 0.1) is 0 Å². The first-order chi connectivity index (χ1) is 42.7. The van der Waals surface area contributed by atoms with E-state index in [4.69, 9.17) is 9.47 Å². The molecule has 0 saturated heterocycles. The maximum absolute atomic E-state index is 12.9. The molecular formula is C76H65NO11P2. The van der Waals surface area contributed by atoms with E-state index in [-0.39, 0.29) is 41.4 Å². The second-order valence-corrected chi connectivity index (χ2v) is 24.9. The van der Waals surface area contributed by atoms with Crippen molar-refractivity contribution in [3.05, 3.63) is 336 Å². The average molecular weight is 1230 g/mol. The Kier molecular flexibility index (Phi) is 21.6. The van der Waals surface area contributed by atoms with Gasteiger partial charge in [0.1, 0.15) is 6.26 Å². The number of aromatic carboxylic acids is 1. The van der Waals surface area contributed by atoms with Crippen molar-refractivity contribution in [1.82, 2.24) is 4.90 Å². The van der Waals surface area contributed by atoms with Crippen LogP contribution in [0.25, 0.3) is 11.1 Å². The number of hydrogen-bond donors (Lipinski definition) is 2. The van der Waals surface area contributed by atoms with Crippen LogP contribution in [0.4, 0.5) is 0 Å². The molecule has 0 bridgehead atoms. The SMILES string of the molecule is C.CC(=O)c1ccc(P(c2ccccc2)c2ccccc2)cc1.CC(=O)c1ccc(P(c2ccccc2)c2ccccc2)cc1.CN1C=C(c2ccccc2)C(=O)C1(O)c1ccccc1C(=O)O.O.O=C1OC2(OC=C(c3ccccc3)C2=O)c2ccccc21. The summed E-state index contributed by atoms with van der Waals surface area (Å²) in [5.41, 5.74) is 2.44. The number of benzene rings is 10. The number of ketones is 4. The summed E-state index contributed by atoms with van der Waals surface area (Å²) in [6, 6.07) is 89.2. The number of rotatable bonds is 12. The molecule has 2 unspecified atom stereocenters. The quantitative estimate of drug-likeness (QED) is 0.0671. The molecule has 14 heteroatoms. The van der Waals surface area contributed by atoms with Crippen molar-refractivity contribution >= 4 is 93.9 Å². The van der Waals surface area contributed by atoms with Crippen molar-refractivity contribution in [2.24, 2.45) is 0 Å². The van der Waals surface area contributed by atoms with Gasteiger partial charge in [0, 0.05) is 35.5 Å². The Balaban J connectivity index is 0.000000154. The Bertz CT molecular complexity index is 3990. The standard InChI is InChI=1S/2C20H17OP.C18H15NO4.C17H10O4.CH4.H2O/c2*1-16(21)17-12-14-20(15-13-17)22(18-8-4-2-5-9-18)19-10-6-3-7-11-19;1-19-11-14(12-7-3-2-4-8-12)16(20)18(19,23)15-10-6-5-9-13(15)17(21)22;18-15-13(11-6-2-1-3-7-11)10-20-17(15)14-9-5-4-8-12(14)16(19)21-17;;/h2*2-15H,1H3;2-11,23H,1H3,(H,21,22);1-10H;1H4;1H2. The van der Waals surface area contributed by atoms with Crippen molar-refractivity contribution in [3.8, 4) is 0 Å². The lowest BCUT2D eigenvalue weighted by molar-refractivity contribution is -0.173. The van der Waals surface area contributed by atoms with E-state index in [9.17, 15) is 39.0 Å². The first-order valence-electron chi connectivity index (χ1n) is 28.1. The molecule has 90 heavy (non-hydrogen) atoms. The number of ether oxygens (including phenoxy) is 2. The van der Waals surface area contributed by atoms with E-state index in [0.717, 1.165) is 16.7 Å². The molecule has 10 aromatic rings. The van der Waals surface area contributed by atoms with Gasteiger partial charge in [-0.25, -0.2) is 9.59 Å². The van der Waals surface area contributed by atoms with E-state index in [0.29, 0.717) is 27.8 Å². The summed E-state index contributed by atoms with van der Waals surface area (Å²) in [5, 5.41) is 28.2. The van der Waals surface area contributed by atoms with Crippen LogP contribution >= 0.6 is 15.8 Å². The van der Waals surface area contributed by atoms with E-state index < -0.39 is 45.1 Å². The fraction of sp³-hybridized carbons (Fsp3) is 0.0789. The van der Waals surface area contributed by atoms with Gasteiger partial charge in [0.2, 0.25) is 11.5 Å². The van der Waals surface area contributed by atoms with Crippen LogP contribution in [0.15, 0.2) is 292 Å². The molecule has 0 aromatic heterocycles. The number of carboxylic acid groups (broad SMARTS) is 1. The summed E-state index contributed by atoms with van der Waals surface area (Å²) in [6.45, 7) is 3.21. The summed E-state index contributed by atoms with van der Waals surface area (Å²) in [5.74, 6) is -4.07. The lowest BCUT2D eigenvalue weighted by Gasteiger charge is -2.31. The molecule has 0 radical (unpaired) electrons. The second kappa shape index (κ2) is 29.6. The average Bonchev–Trinajstić information content (AvgIpc) is 1.58. The van der Waals surface area contributed by atoms with Crippen molar-refractivity contribution in [2.45, 2.75) is 32.8 Å².